The van der Waals surface area contributed by atoms with Crippen LogP contribution in [-0.2, 0) is 0 Å². The van der Waals surface area contributed by atoms with E-state index in [-0.39, 0.29) is 5.82 Å². The van der Waals surface area contributed by atoms with Crippen molar-refractivity contribution < 1.29 is 4.39 Å². The molecule has 5 rings (SSSR count). The lowest BCUT2D eigenvalue weighted by Gasteiger charge is -2.32. The lowest BCUT2D eigenvalue weighted by atomic mass is 10.0. The Balaban J connectivity index is 1.78. The zero-order chi connectivity index (χ0) is 27.7. The molecule has 39 heavy (non-hydrogen) atoms. The van der Waals surface area contributed by atoms with Crippen molar-refractivity contribution in [3.05, 3.63) is 142 Å². The number of anilines is 6. The predicted molar refractivity (Wildman–Crippen MR) is 164 cm³/mol. The van der Waals surface area contributed by atoms with E-state index in [9.17, 15) is 0 Å². The molecule has 0 spiro atoms. The van der Waals surface area contributed by atoms with Crippen molar-refractivity contribution in [3.8, 4) is 0 Å². The van der Waals surface area contributed by atoms with Crippen molar-refractivity contribution in [2.45, 2.75) is 41.5 Å². The van der Waals surface area contributed by atoms with Crippen LogP contribution in [0.5, 0.6) is 0 Å². The largest absolute Gasteiger partial charge is 0.310 e. The summed E-state index contributed by atoms with van der Waals surface area (Å²) in [5, 5.41) is 0. The summed E-state index contributed by atoms with van der Waals surface area (Å²) in [7, 11) is 0. The Hall–Kier alpha value is -4.37. The van der Waals surface area contributed by atoms with E-state index in [2.05, 4.69) is 106 Å². The van der Waals surface area contributed by atoms with Crippen molar-refractivity contribution in [2.75, 3.05) is 9.80 Å². The monoisotopic (exact) mass is 514 g/mol. The number of benzene rings is 5. The standard InChI is InChI=1S/C36H35FN2/c1-24-17-26(3)35(27(4)18-24)38(31-13-9-7-10-14-31)33-21-30(37)22-34(23-33)39(32-15-11-8-12-16-32)36-28(5)19-25(2)20-29(36)6/h7-23H,1-6H3. The van der Waals surface area contributed by atoms with Gasteiger partial charge in [-0.2, -0.15) is 0 Å². The summed E-state index contributed by atoms with van der Waals surface area (Å²) >= 11 is 0. The van der Waals surface area contributed by atoms with E-state index in [1.807, 2.05) is 36.4 Å². The number of nitrogens with zero attached hydrogens (tertiary/aromatic N) is 2. The Morgan fingerprint density at radius 1 is 0.410 bits per heavy atom. The van der Waals surface area contributed by atoms with E-state index >= 15 is 4.39 Å². The zero-order valence-corrected chi connectivity index (χ0v) is 23.6. The lowest BCUT2D eigenvalue weighted by Crippen LogP contribution is -2.16. The summed E-state index contributed by atoms with van der Waals surface area (Å²) in [5.41, 5.74) is 12.7. The van der Waals surface area contributed by atoms with Crippen LogP contribution >= 0.6 is 0 Å². The molecule has 196 valence electrons. The van der Waals surface area contributed by atoms with Crippen LogP contribution in [0.1, 0.15) is 33.4 Å². The van der Waals surface area contributed by atoms with Crippen LogP contribution in [0.2, 0.25) is 0 Å². The van der Waals surface area contributed by atoms with Crippen molar-refractivity contribution in [3.63, 3.8) is 0 Å². The quantitative estimate of drug-likeness (QED) is 0.222. The summed E-state index contributed by atoms with van der Waals surface area (Å²) in [6.07, 6.45) is 0. The third-order valence-corrected chi connectivity index (χ3v) is 7.13. The summed E-state index contributed by atoms with van der Waals surface area (Å²) < 4.78 is 15.7. The maximum atomic E-state index is 15.7. The zero-order valence-electron chi connectivity index (χ0n) is 23.6. The summed E-state index contributed by atoms with van der Waals surface area (Å²) in [5.74, 6) is -0.283. The maximum Gasteiger partial charge on any atom is 0.127 e. The molecular formula is C36H35FN2. The van der Waals surface area contributed by atoms with Crippen LogP contribution in [0.25, 0.3) is 0 Å². The number of para-hydroxylation sites is 2. The SMILES string of the molecule is Cc1cc(C)c(N(c2ccccc2)c2cc(F)cc(N(c3ccccc3)c3c(C)cc(C)cc3C)c2)c(C)c1. The first kappa shape index (κ1) is 26.2. The van der Waals surface area contributed by atoms with E-state index in [4.69, 9.17) is 0 Å². The fraction of sp³-hybridized carbons (Fsp3) is 0.167. The summed E-state index contributed by atoms with van der Waals surface area (Å²) in [4.78, 5) is 4.35. The van der Waals surface area contributed by atoms with Crippen LogP contribution in [0.15, 0.2) is 103 Å². The van der Waals surface area contributed by atoms with Crippen LogP contribution in [0.3, 0.4) is 0 Å². The third kappa shape index (κ3) is 5.31. The Labute approximate surface area is 232 Å². The highest BCUT2D eigenvalue weighted by Crippen LogP contribution is 2.44. The third-order valence-electron chi connectivity index (χ3n) is 7.13. The topological polar surface area (TPSA) is 6.48 Å². The van der Waals surface area contributed by atoms with Gasteiger partial charge in [0.2, 0.25) is 0 Å². The molecular weight excluding hydrogens is 479 g/mol. The molecule has 0 aliphatic heterocycles. The van der Waals surface area contributed by atoms with E-state index in [1.54, 1.807) is 12.1 Å². The second kappa shape index (κ2) is 10.8. The first-order chi connectivity index (χ1) is 18.7. The van der Waals surface area contributed by atoms with Crippen molar-refractivity contribution >= 4 is 34.1 Å². The molecule has 0 saturated heterocycles. The molecule has 0 heterocycles. The van der Waals surface area contributed by atoms with Gasteiger partial charge in [-0.25, -0.2) is 4.39 Å². The molecule has 5 aromatic rings. The van der Waals surface area contributed by atoms with Gasteiger partial charge in [0.05, 0.1) is 22.7 Å². The van der Waals surface area contributed by atoms with Crippen LogP contribution in [0, 0.1) is 47.4 Å². The molecule has 5 aromatic carbocycles. The molecule has 0 aromatic heterocycles. The highest BCUT2D eigenvalue weighted by atomic mass is 19.1. The van der Waals surface area contributed by atoms with Gasteiger partial charge in [0.15, 0.2) is 0 Å². The molecule has 0 radical (unpaired) electrons. The number of hydrogen-bond acceptors (Lipinski definition) is 2. The van der Waals surface area contributed by atoms with Crippen LogP contribution in [-0.4, -0.2) is 0 Å². The van der Waals surface area contributed by atoms with E-state index in [0.717, 1.165) is 56.4 Å². The minimum atomic E-state index is -0.283. The van der Waals surface area contributed by atoms with Crippen LogP contribution < -0.4 is 9.80 Å². The van der Waals surface area contributed by atoms with Gasteiger partial charge in [0.1, 0.15) is 5.82 Å². The molecule has 0 atom stereocenters. The second-order valence-electron chi connectivity index (χ2n) is 10.5. The molecule has 0 bridgehead atoms. The Morgan fingerprint density at radius 3 is 1.08 bits per heavy atom. The fourth-order valence-electron chi connectivity index (χ4n) is 5.84. The Bertz CT molecular complexity index is 1460. The second-order valence-corrected chi connectivity index (χ2v) is 10.5. The highest BCUT2D eigenvalue weighted by molar-refractivity contribution is 5.86. The normalized spacial score (nSPS) is 10.9. The van der Waals surface area contributed by atoms with Gasteiger partial charge in [0.25, 0.3) is 0 Å². The summed E-state index contributed by atoms with van der Waals surface area (Å²) in [6.45, 7) is 12.7. The van der Waals surface area contributed by atoms with Crippen molar-refractivity contribution in [1.29, 1.82) is 0 Å². The van der Waals surface area contributed by atoms with E-state index in [1.165, 1.54) is 11.1 Å². The smallest absolute Gasteiger partial charge is 0.127 e. The molecule has 0 fully saturated rings. The molecule has 3 heteroatoms. The predicted octanol–water partition coefficient (Wildman–Crippen LogP) is 10.6. The number of rotatable bonds is 6. The lowest BCUT2D eigenvalue weighted by molar-refractivity contribution is 0.628. The van der Waals surface area contributed by atoms with Gasteiger partial charge in [0, 0.05) is 11.4 Å². The first-order valence-electron chi connectivity index (χ1n) is 13.4. The number of aryl methyl sites for hydroxylation is 6. The minimum Gasteiger partial charge on any atom is -0.310 e. The molecule has 0 N–H and O–H groups in total. The summed E-state index contributed by atoms with van der Waals surface area (Å²) in [6, 6.07) is 34.5. The Kier molecular flexibility index (Phi) is 7.26. The van der Waals surface area contributed by atoms with Gasteiger partial charge < -0.3 is 9.80 Å². The van der Waals surface area contributed by atoms with Gasteiger partial charge in [-0.15, -0.1) is 0 Å². The number of halogens is 1. The fourth-order valence-corrected chi connectivity index (χ4v) is 5.84. The highest BCUT2D eigenvalue weighted by Gasteiger charge is 2.22. The van der Waals surface area contributed by atoms with E-state index in [0.29, 0.717) is 0 Å². The van der Waals surface area contributed by atoms with Gasteiger partial charge in [-0.05, 0) is 106 Å². The molecule has 0 unspecified atom stereocenters. The Morgan fingerprint density at radius 2 is 0.744 bits per heavy atom. The van der Waals surface area contributed by atoms with Crippen LogP contribution in [0.4, 0.5) is 38.5 Å². The van der Waals surface area contributed by atoms with Gasteiger partial charge in [-0.3, -0.25) is 0 Å². The van der Waals surface area contributed by atoms with Gasteiger partial charge in [-0.1, -0.05) is 71.8 Å². The van der Waals surface area contributed by atoms with Crippen molar-refractivity contribution in [2.24, 2.45) is 0 Å². The van der Waals surface area contributed by atoms with Gasteiger partial charge >= 0.3 is 0 Å². The molecule has 2 nitrogen and oxygen atoms in total. The van der Waals surface area contributed by atoms with Crippen molar-refractivity contribution in [1.82, 2.24) is 0 Å². The minimum absolute atomic E-state index is 0.283. The van der Waals surface area contributed by atoms with E-state index < -0.39 is 0 Å². The molecule has 0 aliphatic rings. The average Bonchev–Trinajstić information content (AvgIpc) is 2.88. The maximum absolute atomic E-state index is 15.7. The average molecular weight is 515 g/mol. The number of hydrogen-bond donors (Lipinski definition) is 0. The molecule has 0 amide bonds. The molecule has 0 aliphatic carbocycles. The first-order valence-corrected chi connectivity index (χ1v) is 13.4. The molecule has 0 saturated carbocycles.